The van der Waals surface area contributed by atoms with Gasteiger partial charge in [-0.25, -0.2) is 0 Å². The Morgan fingerprint density at radius 3 is 2.85 bits per heavy atom. The summed E-state index contributed by atoms with van der Waals surface area (Å²) in [6.07, 6.45) is 15.4. The van der Waals surface area contributed by atoms with Gasteiger partial charge in [0.05, 0.1) is 11.7 Å². The number of nitrogens with one attached hydrogen (secondary N) is 1. The van der Waals surface area contributed by atoms with E-state index in [0.29, 0.717) is 6.04 Å². The Bertz CT molecular complexity index is 410. The maximum Gasteiger partial charge on any atom is 0.0642 e. The first-order valence-corrected chi connectivity index (χ1v) is 8.54. The summed E-state index contributed by atoms with van der Waals surface area (Å²) < 4.78 is 2.24. The van der Waals surface area contributed by atoms with Crippen molar-refractivity contribution in [3.05, 3.63) is 18.0 Å². The Kier molecular flexibility index (Phi) is 4.45. The molecule has 0 spiro atoms. The lowest BCUT2D eigenvalue weighted by molar-refractivity contribution is 0.319. The maximum atomic E-state index is 4.88. The first-order valence-electron chi connectivity index (χ1n) is 8.54. The summed E-state index contributed by atoms with van der Waals surface area (Å²) in [6, 6.07) is 2.90. The van der Waals surface area contributed by atoms with Crippen LogP contribution in [0, 0.1) is 0 Å². The van der Waals surface area contributed by atoms with Crippen LogP contribution in [-0.2, 0) is 6.42 Å². The van der Waals surface area contributed by atoms with Gasteiger partial charge >= 0.3 is 0 Å². The van der Waals surface area contributed by atoms with Crippen LogP contribution in [0.4, 0.5) is 0 Å². The molecule has 1 aromatic heterocycles. The highest BCUT2D eigenvalue weighted by molar-refractivity contribution is 5.06. The standard InChI is InChI=1S/C17H29N3/c1-17(11-6-3-7-12-18-17)14-15-10-13-20(19-15)16-8-4-2-5-9-16/h10,13,16,18H,2-9,11-12,14H2,1H3. The van der Waals surface area contributed by atoms with Crippen molar-refractivity contribution >= 4 is 0 Å². The fourth-order valence-electron chi connectivity index (χ4n) is 3.87. The van der Waals surface area contributed by atoms with Crippen LogP contribution in [0.25, 0.3) is 0 Å². The molecule has 0 aromatic carbocycles. The topological polar surface area (TPSA) is 29.9 Å². The molecule has 1 saturated heterocycles. The number of nitrogens with zero attached hydrogens (tertiary/aromatic N) is 2. The van der Waals surface area contributed by atoms with Crippen LogP contribution >= 0.6 is 0 Å². The van der Waals surface area contributed by atoms with Gasteiger partial charge in [0, 0.05) is 18.2 Å². The van der Waals surface area contributed by atoms with Gasteiger partial charge in [0.1, 0.15) is 0 Å². The van der Waals surface area contributed by atoms with E-state index in [9.17, 15) is 0 Å². The monoisotopic (exact) mass is 275 g/mol. The molecule has 3 heteroatoms. The lowest BCUT2D eigenvalue weighted by Crippen LogP contribution is -2.43. The van der Waals surface area contributed by atoms with Crippen LogP contribution in [0.5, 0.6) is 0 Å². The highest BCUT2D eigenvalue weighted by Crippen LogP contribution is 2.28. The third-order valence-corrected chi connectivity index (χ3v) is 5.14. The maximum absolute atomic E-state index is 4.88. The van der Waals surface area contributed by atoms with Crippen molar-refractivity contribution in [1.29, 1.82) is 0 Å². The molecule has 1 atom stereocenters. The lowest BCUT2D eigenvalue weighted by Gasteiger charge is -2.28. The second-order valence-electron chi connectivity index (χ2n) is 7.05. The van der Waals surface area contributed by atoms with Gasteiger partial charge in [0.15, 0.2) is 0 Å². The predicted molar refractivity (Wildman–Crippen MR) is 82.9 cm³/mol. The van der Waals surface area contributed by atoms with E-state index in [-0.39, 0.29) is 5.54 Å². The fraction of sp³-hybridized carbons (Fsp3) is 0.824. The summed E-state index contributed by atoms with van der Waals surface area (Å²) in [4.78, 5) is 0. The van der Waals surface area contributed by atoms with Gasteiger partial charge in [-0.15, -0.1) is 0 Å². The third kappa shape index (κ3) is 3.43. The van der Waals surface area contributed by atoms with Gasteiger partial charge in [-0.3, -0.25) is 4.68 Å². The summed E-state index contributed by atoms with van der Waals surface area (Å²) in [5.41, 5.74) is 1.52. The molecule has 3 rings (SSSR count). The van der Waals surface area contributed by atoms with Crippen molar-refractivity contribution in [2.75, 3.05) is 6.54 Å². The molecular weight excluding hydrogens is 246 g/mol. The number of rotatable bonds is 3. The fourth-order valence-corrected chi connectivity index (χ4v) is 3.87. The molecule has 0 amide bonds. The average Bonchev–Trinajstić information content (AvgIpc) is 2.81. The lowest BCUT2D eigenvalue weighted by atomic mass is 9.91. The van der Waals surface area contributed by atoms with Crippen molar-refractivity contribution in [3.63, 3.8) is 0 Å². The Morgan fingerprint density at radius 2 is 2.00 bits per heavy atom. The quantitative estimate of drug-likeness (QED) is 0.908. The molecule has 1 N–H and O–H groups in total. The summed E-state index contributed by atoms with van der Waals surface area (Å²) in [6.45, 7) is 3.54. The zero-order valence-electron chi connectivity index (χ0n) is 12.9. The largest absolute Gasteiger partial charge is 0.311 e. The van der Waals surface area contributed by atoms with Gasteiger partial charge in [-0.2, -0.15) is 5.10 Å². The Balaban J connectivity index is 1.63. The smallest absolute Gasteiger partial charge is 0.0642 e. The molecule has 1 unspecified atom stereocenters. The first kappa shape index (κ1) is 14.1. The molecule has 2 heterocycles. The van der Waals surface area contributed by atoms with Gasteiger partial charge in [-0.1, -0.05) is 32.1 Å². The molecule has 3 nitrogen and oxygen atoms in total. The summed E-state index contributed by atoms with van der Waals surface area (Å²) >= 11 is 0. The Hall–Kier alpha value is -0.830. The van der Waals surface area contributed by atoms with E-state index in [0.717, 1.165) is 6.42 Å². The van der Waals surface area contributed by atoms with E-state index >= 15 is 0 Å². The zero-order valence-corrected chi connectivity index (χ0v) is 12.9. The summed E-state index contributed by atoms with van der Waals surface area (Å²) in [5.74, 6) is 0. The van der Waals surface area contributed by atoms with Crippen LogP contribution < -0.4 is 5.32 Å². The molecule has 0 bridgehead atoms. The second-order valence-corrected chi connectivity index (χ2v) is 7.05. The molecule has 1 aliphatic carbocycles. The van der Waals surface area contributed by atoms with E-state index in [1.165, 1.54) is 70.0 Å². The van der Waals surface area contributed by atoms with Crippen molar-refractivity contribution in [3.8, 4) is 0 Å². The Morgan fingerprint density at radius 1 is 1.20 bits per heavy atom. The first-order chi connectivity index (χ1) is 9.75. The van der Waals surface area contributed by atoms with Crippen LogP contribution in [0.2, 0.25) is 0 Å². The van der Waals surface area contributed by atoms with Crippen LogP contribution in [0.1, 0.15) is 76.4 Å². The van der Waals surface area contributed by atoms with E-state index in [2.05, 4.69) is 29.2 Å². The summed E-state index contributed by atoms with van der Waals surface area (Å²) in [7, 11) is 0. The van der Waals surface area contributed by atoms with E-state index < -0.39 is 0 Å². The van der Waals surface area contributed by atoms with Crippen molar-refractivity contribution in [2.24, 2.45) is 0 Å². The van der Waals surface area contributed by atoms with Crippen molar-refractivity contribution in [1.82, 2.24) is 15.1 Å². The molecule has 1 aromatic rings. The zero-order chi connectivity index (χ0) is 13.8. The van der Waals surface area contributed by atoms with Gasteiger partial charge in [0.2, 0.25) is 0 Å². The normalized spacial score (nSPS) is 29.2. The highest BCUT2D eigenvalue weighted by atomic mass is 15.3. The average molecular weight is 275 g/mol. The second kappa shape index (κ2) is 6.30. The number of hydrogen-bond donors (Lipinski definition) is 1. The van der Waals surface area contributed by atoms with E-state index in [4.69, 9.17) is 5.10 Å². The van der Waals surface area contributed by atoms with Crippen LogP contribution in [0.15, 0.2) is 12.3 Å². The van der Waals surface area contributed by atoms with E-state index in [1.54, 1.807) is 0 Å². The van der Waals surface area contributed by atoms with Crippen molar-refractivity contribution < 1.29 is 0 Å². The third-order valence-electron chi connectivity index (χ3n) is 5.14. The molecule has 112 valence electrons. The molecule has 2 fully saturated rings. The Labute approximate surface area is 123 Å². The van der Waals surface area contributed by atoms with Gasteiger partial charge < -0.3 is 5.32 Å². The molecular formula is C17H29N3. The van der Waals surface area contributed by atoms with E-state index in [1.807, 2.05) is 0 Å². The molecule has 0 radical (unpaired) electrons. The minimum absolute atomic E-state index is 0.252. The molecule has 1 saturated carbocycles. The SMILES string of the molecule is CC1(Cc2ccn(C3CCCCC3)n2)CCCCCN1. The minimum atomic E-state index is 0.252. The van der Waals surface area contributed by atoms with Gasteiger partial charge in [0.25, 0.3) is 0 Å². The molecule has 2 aliphatic rings. The summed E-state index contributed by atoms with van der Waals surface area (Å²) in [5, 5.41) is 8.63. The van der Waals surface area contributed by atoms with Crippen LogP contribution in [-0.4, -0.2) is 21.9 Å². The van der Waals surface area contributed by atoms with Crippen molar-refractivity contribution in [2.45, 2.75) is 82.7 Å². The molecule has 1 aliphatic heterocycles. The molecule has 20 heavy (non-hydrogen) atoms. The predicted octanol–water partition coefficient (Wildman–Crippen LogP) is 3.85. The minimum Gasteiger partial charge on any atom is -0.311 e. The number of hydrogen-bond acceptors (Lipinski definition) is 2. The highest BCUT2D eigenvalue weighted by Gasteiger charge is 2.26. The van der Waals surface area contributed by atoms with Crippen LogP contribution in [0.3, 0.4) is 0 Å². The van der Waals surface area contributed by atoms with Gasteiger partial charge in [-0.05, 0) is 45.2 Å². The number of aromatic nitrogens is 2.